The third-order valence-electron chi connectivity index (χ3n) is 3.23. The van der Waals surface area contributed by atoms with Gasteiger partial charge in [0.15, 0.2) is 5.78 Å². The number of hydrogen-bond acceptors (Lipinski definition) is 2. The van der Waals surface area contributed by atoms with Crippen LogP contribution >= 0.6 is 15.9 Å². The van der Waals surface area contributed by atoms with Gasteiger partial charge >= 0.3 is 0 Å². The van der Waals surface area contributed by atoms with Crippen LogP contribution in [0.25, 0.3) is 10.1 Å². The second-order valence-electron chi connectivity index (χ2n) is 4.29. The van der Waals surface area contributed by atoms with Crippen molar-refractivity contribution >= 4 is 31.8 Å². The van der Waals surface area contributed by atoms with Crippen LogP contribution in [0.3, 0.4) is 0 Å². The fourth-order valence-electron chi connectivity index (χ4n) is 2.26. The van der Waals surface area contributed by atoms with Gasteiger partial charge in [-0.15, -0.1) is 0 Å². The summed E-state index contributed by atoms with van der Waals surface area (Å²) in [7, 11) is 1.63. The van der Waals surface area contributed by atoms with Crippen LogP contribution in [0.5, 0.6) is 5.75 Å². The fraction of sp³-hybridized carbons (Fsp3) is 0.0625. The molecule has 0 saturated carbocycles. The summed E-state index contributed by atoms with van der Waals surface area (Å²) in [4.78, 5) is 12.4. The van der Waals surface area contributed by atoms with E-state index in [9.17, 15) is 4.79 Å². The van der Waals surface area contributed by atoms with Gasteiger partial charge in [-0.25, -0.2) is 0 Å². The molecule has 0 spiro atoms. The number of allylic oxidation sites excluding steroid dienone is 1. The van der Waals surface area contributed by atoms with Crippen molar-refractivity contribution in [3.05, 3.63) is 65.2 Å². The number of carbonyl (C=O) groups excluding carboxylic acids is 1. The number of methoxy groups -OCH3 is 1. The minimum Gasteiger partial charge on any atom is -0.497 e. The number of hydrogen-bond donors (Lipinski definition) is 0. The lowest BCUT2D eigenvalue weighted by Gasteiger charge is -2.04. The van der Waals surface area contributed by atoms with Gasteiger partial charge in [0.1, 0.15) is 5.75 Å². The lowest BCUT2D eigenvalue weighted by Crippen LogP contribution is -1.98. The highest BCUT2D eigenvalue weighted by molar-refractivity contribution is 9.15. The summed E-state index contributed by atoms with van der Waals surface area (Å²) in [6, 6.07) is 15.2. The Morgan fingerprint density at radius 1 is 0.947 bits per heavy atom. The van der Waals surface area contributed by atoms with Crippen LogP contribution in [0.4, 0.5) is 0 Å². The van der Waals surface area contributed by atoms with E-state index in [0.717, 1.165) is 26.9 Å². The van der Waals surface area contributed by atoms with Gasteiger partial charge in [0.25, 0.3) is 0 Å². The summed E-state index contributed by atoms with van der Waals surface area (Å²) in [6.45, 7) is 0. The number of ketones is 1. The summed E-state index contributed by atoms with van der Waals surface area (Å²) in [5.74, 6) is 0.844. The lowest BCUT2D eigenvalue weighted by atomic mass is 10.0. The van der Waals surface area contributed by atoms with Gasteiger partial charge in [-0.1, -0.05) is 36.4 Å². The lowest BCUT2D eigenvalue weighted by molar-refractivity contribution is 0.105. The molecule has 2 aromatic carbocycles. The van der Waals surface area contributed by atoms with E-state index in [1.807, 2.05) is 48.5 Å². The van der Waals surface area contributed by atoms with Crippen molar-refractivity contribution in [1.29, 1.82) is 0 Å². The van der Waals surface area contributed by atoms with Crippen LogP contribution < -0.4 is 4.74 Å². The summed E-state index contributed by atoms with van der Waals surface area (Å²) in [5, 5.41) is 0. The highest BCUT2D eigenvalue weighted by Gasteiger charge is 2.28. The maximum absolute atomic E-state index is 12.4. The highest BCUT2D eigenvalue weighted by Crippen LogP contribution is 2.41. The fourth-order valence-corrected chi connectivity index (χ4v) is 3.01. The molecular weight excluding hydrogens is 304 g/mol. The zero-order chi connectivity index (χ0) is 13.4. The van der Waals surface area contributed by atoms with Crippen molar-refractivity contribution in [1.82, 2.24) is 0 Å². The molecule has 19 heavy (non-hydrogen) atoms. The molecule has 1 aliphatic rings. The largest absolute Gasteiger partial charge is 0.497 e. The molecule has 3 heteroatoms. The molecule has 0 unspecified atom stereocenters. The van der Waals surface area contributed by atoms with Crippen molar-refractivity contribution in [2.75, 3.05) is 7.11 Å². The molecule has 0 atom stereocenters. The van der Waals surface area contributed by atoms with Crippen molar-refractivity contribution in [2.45, 2.75) is 0 Å². The molecule has 0 fully saturated rings. The molecule has 0 aromatic heterocycles. The molecule has 0 saturated heterocycles. The van der Waals surface area contributed by atoms with Crippen LogP contribution in [-0.2, 0) is 0 Å². The average molecular weight is 315 g/mol. The average Bonchev–Trinajstić information content (AvgIpc) is 2.72. The molecule has 0 N–H and O–H groups in total. The topological polar surface area (TPSA) is 26.3 Å². The van der Waals surface area contributed by atoms with Crippen LogP contribution in [0.2, 0.25) is 0 Å². The Bertz CT molecular complexity index is 684. The van der Waals surface area contributed by atoms with E-state index < -0.39 is 0 Å². The van der Waals surface area contributed by atoms with Gasteiger partial charge in [-0.3, -0.25) is 4.79 Å². The molecule has 3 rings (SSSR count). The Balaban J connectivity index is 2.11. The van der Waals surface area contributed by atoms with Gasteiger partial charge in [0.2, 0.25) is 0 Å². The summed E-state index contributed by atoms with van der Waals surface area (Å²) in [5.41, 5.74) is 3.32. The van der Waals surface area contributed by atoms with E-state index >= 15 is 0 Å². The quantitative estimate of drug-likeness (QED) is 0.832. The minimum absolute atomic E-state index is 0.0626. The number of ether oxygens (including phenoxy) is 1. The van der Waals surface area contributed by atoms with Crippen LogP contribution in [-0.4, -0.2) is 12.9 Å². The Labute approximate surface area is 119 Å². The first-order chi connectivity index (χ1) is 9.22. The molecular formula is C16H11BrO2. The molecule has 0 aliphatic heterocycles. The molecule has 2 aromatic rings. The van der Waals surface area contributed by atoms with Crippen LogP contribution in [0, 0.1) is 0 Å². The van der Waals surface area contributed by atoms with Crippen molar-refractivity contribution in [3.8, 4) is 5.75 Å². The molecule has 0 amide bonds. The Hall–Kier alpha value is -1.87. The first-order valence-electron chi connectivity index (χ1n) is 5.90. The number of halogens is 1. The maximum atomic E-state index is 12.4. The van der Waals surface area contributed by atoms with Gasteiger partial charge in [0, 0.05) is 21.2 Å². The number of fused-ring (bicyclic) bond motifs is 1. The number of Topliss-reactive ketones (excluding diaryl/α,β-unsaturated/α-hetero) is 1. The number of carbonyl (C=O) groups is 1. The molecule has 2 nitrogen and oxygen atoms in total. The zero-order valence-corrected chi connectivity index (χ0v) is 11.9. The molecule has 0 heterocycles. The van der Waals surface area contributed by atoms with Crippen molar-refractivity contribution in [2.24, 2.45) is 0 Å². The summed E-state index contributed by atoms with van der Waals surface area (Å²) >= 11 is 3.54. The highest BCUT2D eigenvalue weighted by atomic mass is 79.9. The van der Waals surface area contributed by atoms with E-state index in [2.05, 4.69) is 15.9 Å². The van der Waals surface area contributed by atoms with Crippen LogP contribution in [0.15, 0.2) is 48.5 Å². The predicted molar refractivity (Wildman–Crippen MR) is 79.5 cm³/mol. The first-order valence-corrected chi connectivity index (χ1v) is 6.70. The molecule has 0 bridgehead atoms. The maximum Gasteiger partial charge on any atom is 0.195 e. The second kappa shape index (κ2) is 4.67. The Morgan fingerprint density at radius 3 is 2.16 bits per heavy atom. The van der Waals surface area contributed by atoms with Gasteiger partial charge in [0.05, 0.1) is 7.11 Å². The molecule has 1 aliphatic carbocycles. The number of rotatable bonds is 2. The third-order valence-corrected chi connectivity index (χ3v) is 4.06. The first kappa shape index (κ1) is 12.2. The SMILES string of the molecule is COc1ccc(C2=C(Br)c3ccccc3C2=O)cc1. The van der Waals surface area contributed by atoms with Crippen LogP contribution in [0.1, 0.15) is 21.5 Å². The van der Waals surface area contributed by atoms with E-state index in [1.54, 1.807) is 7.11 Å². The molecule has 94 valence electrons. The second-order valence-corrected chi connectivity index (χ2v) is 5.09. The summed E-state index contributed by atoms with van der Waals surface area (Å²) in [6.07, 6.45) is 0. The monoisotopic (exact) mass is 314 g/mol. The zero-order valence-electron chi connectivity index (χ0n) is 10.3. The van der Waals surface area contributed by atoms with Gasteiger partial charge in [-0.2, -0.15) is 0 Å². The van der Waals surface area contributed by atoms with E-state index in [0.29, 0.717) is 5.57 Å². The Kier molecular flexibility index (Phi) is 2.99. The van der Waals surface area contributed by atoms with E-state index in [1.165, 1.54) is 0 Å². The number of benzene rings is 2. The standard InChI is InChI=1S/C16H11BrO2/c1-19-11-8-6-10(7-9-11)14-15(17)12-4-2-3-5-13(12)16(14)18/h2-9H,1H3. The van der Waals surface area contributed by atoms with E-state index in [4.69, 9.17) is 4.74 Å². The third kappa shape index (κ3) is 1.90. The summed E-state index contributed by atoms with van der Waals surface area (Å²) < 4.78 is 5.99. The van der Waals surface area contributed by atoms with Gasteiger partial charge in [-0.05, 0) is 33.6 Å². The predicted octanol–water partition coefficient (Wildman–Crippen LogP) is 4.15. The smallest absolute Gasteiger partial charge is 0.195 e. The normalized spacial score (nSPS) is 13.7. The van der Waals surface area contributed by atoms with Crippen molar-refractivity contribution in [3.63, 3.8) is 0 Å². The van der Waals surface area contributed by atoms with Gasteiger partial charge < -0.3 is 4.74 Å². The van der Waals surface area contributed by atoms with Crippen molar-refractivity contribution < 1.29 is 9.53 Å². The molecule has 0 radical (unpaired) electrons. The Morgan fingerprint density at radius 2 is 1.58 bits per heavy atom. The van der Waals surface area contributed by atoms with E-state index in [-0.39, 0.29) is 5.78 Å². The minimum atomic E-state index is 0.0626.